The highest BCUT2D eigenvalue weighted by atomic mass is 16.5. The molecule has 1 aliphatic rings. The van der Waals surface area contributed by atoms with Crippen LogP contribution in [-0.2, 0) is 16.1 Å². The van der Waals surface area contributed by atoms with Crippen molar-refractivity contribution in [3.8, 4) is 0 Å². The summed E-state index contributed by atoms with van der Waals surface area (Å²) in [6.45, 7) is 6.45. The summed E-state index contributed by atoms with van der Waals surface area (Å²) >= 11 is 0. The maximum atomic E-state index is 11.6. The first-order valence-electron chi connectivity index (χ1n) is 6.31. The van der Waals surface area contributed by atoms with E-state index in [1.807, 2.05) is 6.92 Å². The number of hydrogen-bond acceptors (Lipinski definition) is 5. The van der Waals surface area contributed by atoms with Gasteiger partial charge in [-0.25, -0.2) is 4.98 Å². The number of piperidine rings is 1. The summed E-state index contributed by atoms with van der Waals surface area (Å²) in [5, 5.41) is 0. The summed E-state index contributed by atoms with van der Waals surface area (Å²) in [6, 6.07) is 0. The average molecular weight is 252 g/mol. The van der Waals surface area contributed by atoms with Crippen molar-refractivity contribution in [2.75, 3.05) is 20.2 Å². The smallest absolute Gasteiger partial charge is 0.309 e. The number of esters is 1. The van der Waals surface area contributed by atoms with Crippen LogP contribution < -0.4 is 0 Å². The molecule has 1 aromatic heterocycles. The van der Waals surface area contributed by atoms with E-state index in [0.29, 0.717) is 12.5 Å². The molecule has 2 atom stereocenters. The van der Waals surface area contributed by atoms with Crippen LogP contribution in [0.25, 0.3) is 0 Å². The van der Waals surface area contributed by atoms with E-state index in [2.05, 4.69) is 16.8 Å². The Hall–Kier alpha value is -1.36. The van der Waals surface area contributed by atoms with Gasteiger partial charge in [0.1, 0.15) is 5.76 Å². The zero-order chi connectivity index (χ0) is 13.1. The van der Waals surface area contributed by atoms with E-state index < -0.39 is 0 Å². The number of nitrogens with zero attached hydrogens (tertiary/aromatic N) is 2. The molecule has 0 bridgehead atoms. The van der Waals surface area contributed by atoms with Gasteiger partial charge in [-0.3, -0.25) is 9.69 Å². The van der Waals surface area contributed by atoms with Crippen molar-refractivity contribution < 1.29 is 13.9 Å². The second-order valence-corrected chi connectivity index (χ2v) is 5.00. The molecule has 1 aromatic rings. The molecule has 1 aliphatic heterocycles. The van der Waals surface area contributed by atoms with Gasteiger partial charge < -0.3 is 9.15 Å². The maximum absolute atomic E-state index is 11.6. The minimum Gasteiger partial charge on any atom is -0.469 e. The molecule has 0 amide bonds. The van der Waals surface area contributed by atoms with Crippen molar-refractivity contribution in [3.63, 3.8) is 0 Å². The fourth-order valence-electron chi connectivity index (χ4n) is 2.54. The summed E-state index contributed by atoms with van der Waals surface area (Å²) in [7, 11) is 1.46. The van der Waals surface area contributed by atoms with Crippen molar-refractivity contribution in [1.82, 2.24) is 9.88 Å². The summed E-state index contributed by atoms with van der Waals surface area (Å²) in [5.41, 5.74) is 0. The largest absolute Gasteiger partial charge is 0.469 e. The zero-order valence-corrected chi connectivity index (χ0v) is 11.2. The van der Waals surface area contributed by atoms with Crippen LogP contribution in [-0.4, -0.2) is 36.1 Å². The predicted molar refractivity (Wildman–Crippen MR) is 65.8 cm³/mol. The first kappa shape index (κ1) is 13.1. The highest BCUT2D eigenvalue weighted by molar-refractivity contribution is 5.72. The van der Waals surface area contributed by atoms with E-state index >= 15 is 0 Å². The number of carbonyl (C=O) groups is 1. The normalized spacial score (nSPS) is 25.1. The molecule has 2 rings (SSSR count). The molecule has 0 aromatic carbocycles. The molecule has 1 fully saturated rings. The van der Waals surface area contributed by atoms with Crippen LogP contribution in [0.5, 0.6) is 0 Å². The van der Waals surface area contributed by atoms with Gasteiger partial charge in [0, 0.05) is 6.54 Å². The van der Waals surface area contributed by atoms with Crippen molar-refractivity contribution in [1.29, 1.82) is 0 Å². The second kappa shape index (κ2) is 5.52. The molecular weight excluding hydrogens is 232 g/mol. The molecule has 0 radical (unpaired) electrons. The fourth-order valence-corrected chi connectivity index (χ4v) is 2.54. The Balaban J connectivity index is 1.90. The standard InChI is InChI=1S/C13H20N2O3/c1-9-7-15(5-4-11(9)13(16)17-3)8-12-14-6-10(2)18-12/h6,9,11H,4-5,7-8H2,1-3H3/t9-,11-/m0/s1. The molecule has 0 spiro atoms. The minimum atomic E-state index is -0.0888. The van der Waals surface area contributed by atoms with Crippen LogP contribution in [0.4, 0.5) is 0 Å². The lowest BCUT2D eigenvalue weighted by molar-refractivity contribution is -0.149. The lowest BCUT2D eigenvalue weighted by atomic mass is 9.87. The van der Waals surface area contributed by atoms with E-state index in [1.54, 1.807) is 6.20 Å². The Kier molecular flexibility index (Phi) is 4.01. The molecule has 0 saturated carbocycles. The Labute approximate surface area is 107 Å². The van der Waals surface area contributed by atoms with Gasteiger partial charge in [0.2, 0.25) is 5.89 Å². The van der Waals surface area contributed by atoms with Gasteiger partial charge in [-0.2, -0.15) is 0 Å². The number of aromatic nitrogens is 1. The SMILES string of the molecule is COC(=O)[C@H]1CCN(Cc2ncc(C)o2)C[C@@H]1C. The lowest BCUT2D eigenvalue weighted by Crippen LogP contribution is -2.42. The number of carbonyl (C=O) groups excluding carboxylic acids is 1. The van der Waals surface area contributed by atoms with E-state index in [1.165, 1.54) is 7.11 Å². The average Bonchev–Trinajstić information content (AvgIpc) is 2.74. The van der Waals surface area contributed by atoms with Gasteiger partial charge in [-0.15, -0.1) is 0 Å². The molecule has 18 heavy (non-hydrogen) atoms. The quantitative estimate of drug-likeness (QED) is 0.765. The molecule has 0 N–H and O–H groups in total. The highest BCUT2D eigenvalue weighted by Crippen LogP contribution is 2.25. The zero-order valence-electron chi connectivity index (χ0n) is 11.2. The van der Waals surface area contributed by atoms with Gasteiger partial charge in [0.15, 0.2) is 0 Å². The Morgan fingerprint density at radius 3 is 3.00 bits per heavy atom. The highest BCUT2D eigenvalue weighted by Gasteiger charge is 2.32. The van der Waals surface area contributed by atoms with Crippen LogP contribution in [0.1, 0.15) is 25.0 Å². The number of aryl methyl sites for hydroxylation is 1. The van der Waals surface area contributed by atoms with Crippen LogP contribution in [0, 0.1) is 18.8 Å². The number of hydrogen-bond donors (Lipinski definition) is 0. The predicted octanol–water partition coefficient (Wildman–Crippen LogP) is 1.61. The minimum absolute atomic E-state index is 0.0255. The number of methoxy groups -OCH3 is 1. The second-order valence-electron chi connectivity index (χ2n) is 5.00. The maximum Gasteiger partial charge on any atom is 0.309 e. The number of likely N-dealkylation sites (tertiary alicyclic amines) is 1. The van der Waals surface area contributed by atoms with E-state index in [-0.39, 0.29) is 11.9 Å². The molecule has 5 heteroatoms. The first-order chi connectivity index (χ1) is 8.60. The van der Waals surface area contributed by atoms with Gasteiger partial charge in [-0.1, -0.05) is 6.92 Å². The molecule has 2 heterocycles. The van der Waals surface area contributed by atoms with Crippen molar-refractivity contribution >= 4 is 5.97 Å². The Morgan fingerprint density at radius 1 is 1.67 bits per heavy atom. The van der Waals surface area contributed by atoms with Crippen LogP contribution in [0.15, 0.2) is 10.6 Å². The third-order valence-corrected chi connectivity index (χ3v) is 3.52. The van der Waals surface area contributed by atoms with Crippen LogP contribution >= 0.6 is 0 Å². The van der Waals surface area contributed by atoms with E-state index in [0.717, 1.165) is 31.2 Å². The third kappa shape index (κ3) is 2.90. The monoisotopic (exact) mass is 252 g/mol. The van der Waals surface area contributed by atoms with Gasteiger partial charge in [0.25, 0.3) is 0 Å². The van der Waals surface area contributed by atoms with Gasteiger partial charge in [-0.05, 0) is 25.8 Å². The summed E-state index contributed by atoms with van der Waals surface area (Å²) in [4.78, 5) is 18.1. The van der Waals surface area contributed by atoms with Crippen LogP contribution in [0.3, 0.4) is 0 Å². The summed E-state index contributed by atoms with van der Waals surface area (Å²) in [6.07, 6.45) is 2.58. The molecule has 1 saturated heterocycles. The topological polar surface area (TPSA) is 55.6 Å². The fraction of sp³-hybridized carbons (Fsp3) is 0.692. The molecular formula is C13H20N2O3. The van der Waals surface area contributed by atoms with Gasteiger partial charge in [0.05, 0.1) is 25.8 Å². The summed E-state index contributed by atoms with van der Waals surface area (Å²) < 4.78 is 10.3. The van der Waals surface area contributed by atoms with Crippen LogP contribution in [0.2, 0.25) is 0 Å². The number of ether oxygens (including phenoxy) is 1. The molecule has 0 aliphatic carbocycles. The molecule has 5 nitrogen and oxygen atoms in total. The molecule has 0 unspecified atom stereocenters. The lowest BCUT2D eigenvalue weighted by Gasteiger charge is -2.34. The Bertz CT molecular complexity index is 416. The number of rotatable bonds is 3. The summed E-state index contributed by atoms with van der Waals surface area (Å²) in [5.74, 6) is 1.83. The molecule has 100 valence electrons. The third-order valence-electron chi connectivity index (χ3n) is 3.52. The number of oxazole rings is 1. The van der Waals surface area contributed by atoms with E-state index in [9.17, 15) is 4.79 Å². The van der Waals surface area contributed by atoms with Gasteiger partial charge >= 0.3 is 5.97 Å². The Morgan fingerprint density at radius 2 is 2.44 bits per heavy atom. The van der Waals surface area contributed by atoms with Crippen molar-refractivity contribution in [2.45, 2.75) is 26.8 Å². The van der Waals surface area contributed by atoms with E-state index in [4.69, 9.17) is 9.15 Å². The van der Waals surface area contributed by atoms with Crippen molar-refractivity contribution in [3.05, 3.63) is 17.8 Å². The van der Waals surface area contributed by atoms with Crippen molar-refractivity contribution in [2.24, 2.45) is 11.8 Å². The first-order valence-corrected chi connectivity index (χ1v) is 6.31.